The molecule has 0 atom stereocenters. The Morgan fingerprint density at radius 1 is 0.500 bits per heavy atom. The zero-order valence-corrected chi connectivity index (χ0v) is 8.84. The first kappa shape index (κ1) is 130. The second kappa shape index (κ2) is 81.3. The molecular weight excluding hydrogens is 334 g/mol. The average molecular weight is 338 g/mol. The topological polar surface area (TPSA) is 120 Å². The third-order valence-electron chi connectivity index (χ3n) is 0. The van der Waals surface area contributed by atoms with Crippen molar-refractivity contribution in [2.75, 3.05) is 0 Å². The van der Waals surface area contributed by atoms with Crippen LogP contribution in [0, 0.1) is 0 Å². The number of rotatable bonds is 0. The van der Waals surface area contributed by atoms with Crippen LogP contribution in [0.15, 0.2) is 0 Å². The van der Waals surface area contributed by atoms with E-state index in [0.29, 0.717) is 0 Å². The van der Waals surface area contributed by atoms with Gasteiger partial charge >= 0.3 is 25.8 Å². The van der Waals surface area contributed by atoms with Crippen molar-refractivity contribution in [1.82, 2.24) is 0 Å². The number of hydrogen-bond donors (Lipinski definition) is 0. The summed E-state index contributed by atoms with van der Waals surface area (Å²) in [6, 6.07) is 0. The predicted octanol–water partition coefficient (Wildman–Crippen LogP) is -0.712. The molecule has 4 nitrogen and oxygen atoms in total. The van der Waals surface area contributed by atoms with E-state index in [1.165, 1.54) is 0 Å². The van der Waals surface area contributed by atoms with Gasteiger partial charge in [0, 0.05) is 26.2 Å². The van der Waals surface area contributed by atoms with Gasteiger partial charge in [-0.3, -0.25) is 0 Å². The van der Waals surface area contributed by atoms with Crippen LogP contribution in [-0.2, 0) is 52.0 Å². The quantitative estimate of drug-likeness (QED) is 0.542. The fourth-order valence-corrected chi connectivity index (χ4v) is 0. The van der Waals surface area contributed by atoms with Gasteiger partial charge in [-0.25, -0.2) is 0 Å². The van der Waals surface area contributed by atoms with Gasteiger partial charge in [-0.05, 0) is 0 Å². The van der Waals surface area contributed by atoms with E-state index in [2.05, 4.69) is 0 Å². The zero-order chi connectivity index (χ0) is 0. The molecule has 0 bridgehead atoms. The Morgan fingerprint density at radius 3 is 0.500 bits per heavy atom. The molecule has 0 unspecified atom stereocenters. The van der Waals surface area contributed by atoms with Gasteiger partial charge < -0.3 is 21.9 Å². The van der Waals surface area contributed by atoms with Gasteiger partial charge in [0.2, 0.25) is 0 Å². The van der Waals surface area contributed by atoms with E-state index in [4.69, 9.17) is 0 Å². The Labute approximate surface area is 73.4 Å². The summed E-state index contributed by atoms with van der Waals surface area (Å²) in [7, 11) is 0. The third kappa shape index (κ3) is 46.5. The van der Waals surface area contributed by atoms with Crippen LogP contribution in [0.2, 0.25) is 0 Å². The second-order valence-corrected chi connectivity index (χ2v) is 0. The van der Waals surface area contributed by atoms with Gasteiger partial charge in [0.15, 0.2) is 0 Å². The molecule has 0 radical (unpaired) electrons. The van der Waals surface area contributed by atoms with Crippen molar-refractivity contribution >= 4 is 0 Å². The summed E-state index contributed by atoms with van der Waals surface area (Å²) in [5, 5.41) is 0. The number of hydrogen-bond acceptors (Lipinski definition) is 4. The molecule has 36 valence electrons. The molecular formula is H4HfO4Zr. The minimum Gasteiger partial charge on any atom is -0.870 e. The second-order valence-electron chi connectivity index (χ2n) is 0. The molecule has 0 rings (SSSR count). The molecule has 0 aliphatic carbocycles. The molecule has 0 saturated carbocycles. The van der Waals surface area contributed by atoms with Crippen LogP contribution in [0.1, 0.15) is 0 Å². The first-order valence-corrected chi connectivity index (χ1v) is 0. The van der Waals surface area contributed by atoms with Crippen LogP contribution in [0.25, 0.3) is 0 Å². The molecule has 0 aromatic rings. The molecule has 6 heavy (non-hydrogen) atoms. The molecule has 0 saturated heterocycles. The van der Waals surface area contributed by atoms with Gasteiger partial charge in [-0.1, -0.05) is 0 Å². The van der Waals surface area contributed by atoms with Crippen molar-refractivity contribution in [2.24, 2.45) is 0 Å². The fourth-order valence-electron chi connectivity index (χ4n) is 0. The molecule has 0 amide bonds. The molecule has 0 aliphatic heterocycles. The summed E-state index contributed by atoms with van der Waals surface area (Å²) >= 11 is 0. The Bertz CT molecular complexity index is 7.51. The van der Waals surface area contributed by atoms with Gasteiger partial charge in [-0.2, -0.15) is 0 Å². The van der Waals surface area contributed by atoms with E-state index in [1.54, 1.807) is 0 Å². The molecule has 0 aromatic carbocycles. The van der Waals surface area contributed by atoms with E-state index in [9.17, 15) is 0 Å². The summed E-state index contributed by atoms with van der Waals surface area (Å²) in [4.78, 5) is 0. The van der Waals surface area contributed by atoms with E-state index < -0.39 is 0 Å². The molecule has 0 fully saturated rings. The maximum absolute atomic E-state index is 0. The van der Waals surface area contributed by atoms with Gasteiger partial charge in [0.25, 0.3) is 0 Å². The molecule has 6 heteroatoms. The van der Waals surface area contributed by atoms with Crippen LogP contribution >= 0.6 is 0 Å². The van der Waals surface area contributed by atoms with Crippen LogP contribution in [0.4, 0.5) is 0 Å². The van der Waals surface area contributed by atoms with Gasteiger partial charge in [0.1, 0.15) is 0 Å². The van der Waals surface area contributed by atoms with E-state index in [0.717, 1.165) is 0 Å². The normalized spacial score (nSPS) is 0. The SMILES string of the molecule is [Hf+4].[OH-].[OH-].[OH-].[OH-].[Zr]. The fraction of sp³-hybridized carbons (Fsp3) is 0. The molecule has 0 aromatic heterocycles. The Hall–Kier alpha value is 1.59. The van der Waals surface area contributed by atoms with E-state index >= 15 is 0 Å². The monoisotopic (exact) mass is 338 g/mol. The Morgan fingerprint density at radius 2 is 0.500 bits per heavy atom. The third-order valence-corrected chi connectivity index (χ3v) is 0. The van der Waals surface area contributed by atoms with Crippen LogP contribution in [0.5, 0.6) is 0 Å². The van der Waals surface area contributed by atoms with Crippen LogP contribution in [-0.4, -0.2) is 21.9 Å². The van der Waals surface area contributed by atoms with Crippen LogP contribution in [0.3, 0.4) is 0 Å². The largest absolute Gasteiger partial charge is 4.00 e. The Kier molecular flexibility index (Phi) is 1760. The maximum atomic E-state index is 0. The van der Waals surface area contributed by atoms with Crippen molar-refractivity contribution in [1.29, 1.82) is 0 Å². The summed E-state index contributed by atoms with van der Waals surface area (Å²) < 4.78 is 0. The predicted molar refractivity (Wildman–Crippen MR) is 7.74 cm³/mol. The molecule has 0 heterocycles. The zero-order valence-electron chi connectivity index (χ0n) is 2.79. The Balaban J connectivity index is 0. The summed E-state index contributed by atoms with van der Waals surface area (Å²) in [6.07, 6.45) is 0. The van der Waals surface area contributed by atoms with Crippen molar-refractivity contribution in [3.05, 3.63) is 0 Å². The van der Waals surface area contributed by atoms with Crippen molar-refractivity contribution in [3.63, 3.8) is 0 Å². The minimum atomic E-state index is 0. The van der Waals surface area contributed by atoms with Gasteiger partial charge in [0.05, 0.1) is 0 Å². The van der Waals surface area contributed by atoms with E-state index in [-0.39, 0.29) is 74.0 Å². The molecule has 0 aliphatic rings. The first-order valence-electron chi connectivity index (χ1n) is 0. The van der Waals surface area contributed by atoms with Crippen molar-refractivity contribution in [2.45, 2.75) is 0 Å². The molecule has 4 N–H and O–H groups in total. The average Bonchev–Trinajstić information content (AvgIpc) is 0. The maximum Gasteiger partial charge on any atom is 4.00 e. The summed E-state index contributed by atoms with van der Waals surface area (Å²) in [6.45, 7) is 0. The van der Waals surface area contributed by atoms with Crippen LogP contribution < -0.4 is 0 Å². The summed E-state index contributed by atoms with van der Waals surface area (Å²) in [5.41, 5.74) is 0. The van der Waals surface area contributed by atoms with Gasteiger partial charge in [-0.15, -0.1) is 0 Å². The summed E-state index contributed by atoms with van der Waals surface area (Å²) in [5.74, 6) is 0. The first-order chi connectivity index (χ1) is 0. The van der Waals surface area contributed by atoms with Crippen molar-refractivity contribution < 1.29 is 74.0 Å². The smallest absolute Gasteiger partial charge is 0.870 e. The van der Waals surface area contributed by atoms with Crippen molar-refractivity contribution in [3.8, 4) is 0 Å². The molecule has 0 spiro atoms. The minimum absolute atomic E-state index is 0. The van der Waals surface area contributed by atoms with E-state index in [1.807, 2.05) is 0 Å². The standard InChI is InChI=1S/Hf.4H2O.Zr/h;4*1H2;/q+4;;;;;/p-4.